The molecule has 1 N–H and O–H groups in total. The van der Waals surface area contributed by atoms with Crippen LogP contribution in [0.1, 0.15) is 11.4 Å². The number of fused-ring (bicyclic) bond motifs is 1. The second-order valence-electron chi connectivity index (χ2n) is 8.67. The third-order valence-corrected chi connectivity index (χ3v) is 7.86. The van der Waals surface area contributed by atoms with Crippen LogP contribution < -0.4 is 14.8 Å². The van der Waals surface area contributed by atoms with E-state index in [9.17, 15) is 4.79 Å². The van der Waals surface area contributed by atoms with Gasteiger partial charge in [-0.05, 0) is 73.2 Å². The van der Waals surface area contributed by atoms with Crippen LogP contribution in [0.4, 0.5) is 5.69 Å². The Balaban J connectivity index is 1.17. The predicted molar refractivity (Wildman–Crippen MR) is 157 cm³/mol. The summed E-state index contributed by atoms with van der Waals surface area (Å²) in [7, 11) is 1.62. The highest BCUT2D eigenvalue weighted by atomic mass is 32.2. The second-order valence-corrected chi connectivity index (χ2v) is 10.6. The molecular weight excluding hydrogens is 530 g/mol. The molecule has 198 valence electrons. The van der Waals surface area contributed by atoms with Crippen molar-refractivity contribution in [1.82, 2.24) is 19.7 Å². The Bertz CT molecular complexity index is 1590. The molecule has 10 heteroatoms. The van der Waals surface area contributed by atoms with E-state index < -0.39 is 0 Å². The standard InChI is InChI=1S/C29H27N5O3S2/c1-4-15-34-26(17-37-23-12-10-22(36-3)11-13-23)32-33-29(34)38-18-27(35)30-21-8-6-20(7-9-21)28-31-24-14-5-19(2)16-25(24)39-28/h4-14,16H,1,15,17-18H2,2-3H3,(H,30,35). The number of allylic oxidation sites excluding steroid dienone is 1. The lowest BCUT2D eigenvalue weighted by Crippen LogP contribution is -2.15. The van der Waals surface area contributed by atoms with Crippen molar-refractivity contribution in [3.8, 4) is 22.1 Å². The Hall–Kier alpha value is -4.15. The number of nitrogens with zero attached hydrogens (tertiary/aromatic N) is 4. The topological polar surface area (TPSA) is 91.2 Å². The predicted octanol–water partition coefficient (Wildman–Crippen LogP) is 6.37. The van der Waals surface area contributed by atoms with Gasteiger partial charge in [0.05, 0.1) is 23.1 Å². The summed E-state index contributed by atoms with van der Waals surface area (Å²) in [4.78, 5) is 17.4. The van der Waals surface area contributed by atoms with Gasteiger partial charge in [0.25, 0.3) is 0 Å². The van der Waals surface area contributed by atoms with Crippen molar-refractivity contribution < 1.29 is 14.3 Å². The highest BCUT2D eigenvalue weighted by molar-refractivity contribution is 7.99. The van der Waals surface area contributed by atoms with Crippen LogP contribution in [-0.2, 0) is 17.9 Å². The van der Waals surface area contributed by atoms with Gasteiger partial charge in [0.2, 0.25) is 5.91 Å². The molecule has 2 aromatic heterocycles. The first-order valence-corrected chi connectivity index (χ1v) is 14.0. The second kappa shape index (κ2) is 12.1. The minimum atomic E-state index is -0.132. The van der Waals surface area contributed by atoms with Crippen LogP contribution in [0.15, 0.2) is 84.5 Å². The number of nitrogens with one attached hydrogen (secondary N) is 1. The Morgan fingerprint density at radius 2 is 1.85 bits per heavy atom. The first kappa shape index (κ1) is 26.5. The van der Waals surface area contributed by atoms with Crippen LogP contribution in [0.3, 0.4) is 0 Å². The maximum absolute atomic E-state index is 12.7. The summed E-state index contributed by atoms with van der Waals surface area (Å²) in [6.45, 7) is 6.65. The van der Waals surface area contributed by atoms with Crippen molar-refractivity contribution in [1.29, 1.82) is 0 Å². The number of methoxy groups -OCH3 is 1. The van der Waals surface area contributed by atoms with Gasteiger partial charge in [-0.25, -0.2) is 4.98 Å². The van der Waals surface area contributed by atoms with E-state index >= 15 is 0 Å². The maximum Gasteiger partial charge on any atom is 0.234 e. The minimum absolute atomic E-state index is 0.132. The summed E-state index contributed by atoms with van der Waals surface area (Å²) in [5.74, 6) is 2.16. The largest absolute Gasteiger partial charge is 0.497 e. The van der Waals surface area contributed by atoms with E-state index in [2.05, 4.69) is 41.1 Å². The molecule has 0 bridgehead atoms. The average Bonchev–Trinajstić information content (AvgIpc) is 3.55. The molecule has 0 aliphatic rings. The van der Waals surface area contributed by atoms with E-state index in [1.54, 1.807) is 24.5 Å². The van der Waals surface area contributed by atoms with Crippen molar-refractivity contribution in [2.24, 2.45) is 0 Å². The fourth-order valence-electron chi connectivity index (χ4n) is 3.84. The van der Waals surface area contributed by atoms with Gasteiger partial charge in [0.1, 0.15) is 23.1 Å². The van der Waals surface area contributed by atoms with E-state index in [-0.39, 0.29) is 18.3 Å². The number of carbonyl (C=O) groups is 1. The van der Waals surface area contributed by atoms with Crippen LogP contribution >= 0.6 is 23.1 Å². The van der Waals surface area contributed by atoms with Crippen LogP contribution in [0.2, 0.25) is 0 Å². The van der Waals surface area contributed by atoms with Crippen molar-refractivity contribution >= 4 is 44.9 Å². The monoisotopic (exact) mass is 557 g/mol. The van der Waals surface area contributed by atoms with Crippen molar-refractivity contribution in [3.05, 3.63) is 90.8 Å². The van der Waals surface area contributed by atoms with E-state index in [4.69, 9.17) is 14.5 Å². The molecule has 0 saturated heterocycles. The number of thioether (sulfide) groups is 1. The number of anilines is 1. The summed E-state index contributed by atoms with van der Waals surface area (Å²) in [5.41, 5.74) is 3.95. The minimum Gasteiger partial charge on any atom is -0.497 e. The number of ether oxygens (including phenoxy) is 2. The number of hydrogen-bond donors (Lipinski definition) is 1. The SMILES string of the molecule is C=CCn1c(COc2ccc(OC)cc2)nnc1SCC(=O)Nc1ccc(-c2nc3ccc(C)cc3s2)cc1. The average molecular weight is 558 g/mol. The molecule has 1 amide bonds. The summed E-state index contributed by atoms with van der Waals surface area (Å²) >= 11 is 2.98. The molecule has 0 radical (unpaired) electrons. The Morgan fingerprint density at radius 3 is 2.59 bits per heavy atom. The first-order chi connectivity index (χ1) is 19.0. The number of carbonyl (C=O) groups excluding carboxylic acids is 1. The first-order valence-electron chi connectivity index (χ1n) is 12.2. The van der Waals surface area contributed by atoms with Gasteiger partial charge < -0.3 is 14.8 Å². The van der Waals surface area contributed by atoms with Gasteiger partial charge >= 0.3 is 0 Å². The number of amides is 1. The molecule has 0 aliphatic carbocycles. The molecule has 0 fully saturated rings. The van der Waals surface area contributed by atoms with Gasteiger partial charge in [-0.2, -0.15) is 0 Å². The molecule has 0 unspecified atom stereocenters. The summed E-state index contributed by atoms with van der Waals surface area (Å²) < 4.78 is 14.1. The smallest absolute Gasteiger partial charge is 0.234 e. The lowest BCUT2D eigenvalue weighted by Gasteiger charge is -2.10. The number of benzene rings is 3. The molecular formula is C29H27N5O3S2. The normalized spacial score (nSPS) is 10.9. The third-order valence-electron chi connectivity index (χ3n) is 5.82. The fraction of sp³-hybridized carbons (Fsp3) is 0.172. The molecule has 8 nitrogen and oxygen atoms in total. The van der Waals surface area contributed by atoms with Crippen molar-refractivity contribution in [3.63, 3.8) is 0 Å². The number of aromatic nitrogens is 4. The molecule has 0 spiro atoms. The number of rotatable bonds is 11. The van der Waals surface area contributed by atoms with E-state index in [0.29, 0.717) is 23.3 Å². The van der Waals surface area contributed by atoms with Crippen LogP contribution in [0.25, 0.3) is 20.8 Å². The number of thiazole rings is 1. The van der Waals surface area contributed by atoms with Gasteiger partial charge in [-0.15, -0.1) is 28.1 Å². The zero-order valence-corrected chi connectivity index (χ0v) is 23.2. The molecule has 3 aromatic carbocycles. The molecule has 5 rings (SSSR count). The Morgan fingerprint density at radius 1 is 1.08 bits per heavy atom. The van der Waals surface area contributed by atoms with Crippen LogP contribution in [-0.4, -0.2) is 38.5 Å². The van der Waals surface area contributed by atoms with Crippen LogP contribution in [0.5, 0.6) is 11.5 Å². The van der Waals surface area contributed by atoms with Crippen molar-refractivity contribution in [2.45, 2.75) is 25.2 Å². The molecule has 2 heterocycles. The summed E-state index contributed by atoms with van der Waals surface area (Å²) in [5, 5.41) is 13.1. The Kier molecular flexibility index (Phi) is 8.24. The quantitative estimate of drug-likeness (QED) is 0.149. The summed E-state index contributed by atoms with van der Waals surface area (Å²) in [6.07, 6.45) is 1.76. The van der Waals surface area contributed by atoms with Crippen LogP contribution in [0, 0.1) is 6.92 Å². The maximum atomic E-state index is 12.7. The van der Waals surface area contributed by atoms with Crippen molar-refractivity contribution in [2.75, 3.05) is 18.2 Å². The molecule has 0 aliphatic heterocycles. The lowest BCUT2D eigenvalue weighted by molar-refractivity contribution is -0.113. The molecule has 0 saturated carbocycles. The fourth-order valence-corrected chi connectivity index (χ4v) is 5.68. The Labute approximate surface area is 234 Å². The van der Waals surface area contributed by atoms with Gasteiger partial charge in [-0.3, -0.25) is 9.36 Å². The highest BCUT2D eigenvalue weighted by Crippen LogP contribution is 2.31. The molecule has 39 heavy (non-hydrogen) atoms. The van der Waals surface area contributed by atoms with E-state index in [1.807, 2.05) is 59.2 Å². The van der Waals surface area contributed by atoms with Gasteiger partial charge in [0.15, 0.2) is 11.0 Å². The zero-order chi connectivity index (χ0) is 27.2. The van der Waals surface area contributed by atoms with Gasteiger partial charge in [-0.1, -0.05) is 23.9 Å². The molecule has 0 atom stereocenters. The summed E-state index contributed by atoms with van der Waals surface area (Å²) in [6, 6.07) is 21.3. The number of hydrogen-bond acceptors (Lipinski definition) is 8. The highest BCUT2D eigenvalue weighted by Gasteiger charge is 2.15. The molecule has 5 aromatic rings. The van der Waals surface area contributed by atoms with E-state index in [0.717, 1.165) is 27.5 Å². The lowest BCUT2D eigenvalue weighted by atomic mass is 10.2. The zero-order valence-electron chi connectivity index (χ0n) is 21.6. The number of aryl methyl sites for hydroxylation is 1. The third kappa shape index (κ3) is 6.47. The van der Waals surface area contributed by atoms with Gasteiger partial charge in [0, 0.05) is 17.8 Å². The van der Waals surface area contributed by atoms with E-state index in [1.165, 1.54) is 22.0 Å².